The van der Waals surface area contributed by atoms with E-state index in [0.717, 1.165) is 12.8 Å². The lowest BCUT2D eigenvalue weighted by Gasteiger charge is -2.64. The summed E-state index contributed by atoms with van der Waals surface area (Å²) in [4.78, 5) is 12.9. The molecule has 0 unspecified atom stereocenters. The number of hydrogen-bond donors (Lipinski definition) is 2. The monoisotopic (exact) mass is 430 g/mol. The van der Waals surface area contributed by atoms with Gasteiger partial charge in [-0.1, -0.05) is 39.8 Å². The Morgan fingerprint density at radius 2 is 2.06 bits per heavy atom. The number of halogens is 1. The van der Waals surface area contributed by atoms with Crippen LogP contribution >= 0.6 is 0 Å². The summed E-state index contributed by atoms with van der Waals surface area (Å²) in [5.41, 5.74) is 6.83. The van der Waals surface area contributed by atoms with Crippen molar-refractivity contribution in [3.8, 4) is 0 Å². The van der Waals surface area contributed by atoms with Gasteiger partial charge in [0.25, 0.3) is 0 Å². The fourth-order valence-corrected chi connectivity index (χ4v) is 6.12. The molecule has 1 amide bonds. The summed E-state index contributed by atoms with van der Waals surface area (Å²) >= 11 is 0. The Hall–Kier alpha value is -1.44. The van der Waals surface area contributed by atoms with Gasteiger partial charge in [0.15, 0.2) is 0 Å². The highest BCUT2D eigenvalue weighted by molar-refractivity contribution is 6.47. The highest BCUT2D eigenvalue weighted by Gasteiger charge is 2.68. The zero-order chi connectivity index (χ0) is 22.6. The summed E-state index contributed by atoms with van der Waals surface area (Å²) < 4.78 is 26.5. The van der Waals surface area contributed by atoms with Crippen molar-refractivity contribution in [3.05, 3.63) is 35.6 Å². The largest absolute Gasteiger partial charge is 0.481 e. The fraction of sp³-hybridized carbons (Fsp3) is 0.708. The van der Waals surface area contributed by atoms with E-state index >= 15 is 0 Å². The Bertz CT molecular complexity index is 835. The average molecular weight is 430 g/mol. The van der Waals surface area contributed by atoms with E-state index < -0.39 is 13.2 Å². The molecule has 31 heavy (non-hydrogen) atoms. The van der Waals surface area contributed by atoms with Crippen LogP contribution in [0, 0.1) is 29.0 Å². The van der Waals surface area contributed by atoms with Crippen LogP contribution in [0.4, 0.5) is 4.39 Å². The quantitative estimate of drug-likeness (QED) is 0.650. The van der Waals surface area contributed by atoms with Crippen molar-refractivity contribution < 1.29 is 18.5 Å². The lowest BCUT2D eigenvalue weighted by molar-refractivity contribution is -0.199. The second-order valence-electron chi connectivity index (χ2n) is 11.0. The van der Waals surface area contributed by atoms with Gasteiger partial charge in [0.05, 0.1) is 23.7 Å². The van der Waals surface area contributed by atoms with Crippen LogP contribution in [0.1, 0.15) is 59.4 Å². The van der Waals surface area contributed by atoms with Gasteiger partial charge in [-0.05, 0) is 73.5 Å². The van der Waals surface area contributed by atoms with Crippen molar-refractivity contribution in [2.45, 2.75) is 84.0 Å². The zero-order valence-corrected chi connectivity index (χ0v) is 19.4. The van der Waals surface area contributed by atoms with Crippen LogP contribution < -0.4 is 11.1 Å². The summed E-state index contributed by atoms with van der Waals surface area (Å²) in [6.45, 7) is 11.1. The van der Waals surface area contributed by atoms with Crippen LogP contribution in [0.25, 0.3) is 0 Å². The summed E-state index contributed by atoms with van der Waals surface area (Å²) in [6.07, 6.45) is 3.29. The maximum absolute atomic E-state index is 13.5. The fourth-order valence-electron chi connectivity index (χ4n) is 6.12. The topological polar surface area (TPSA) is 73.6 Å². The summed E-state index contributed by atoms with van der Waals surface area (Å²) in [7, 11) is -0.474. The number of nitrogens with two attached hydrogens (primary N) is 1. The van der Waals surface area contributed by atoms with E-state index in [2.05, 4.69) is 39.9 Å². The minimum atomic E-state index is -0.762. The molecular formula is C24H36BFN2O3. The van der Waals surface area contributed by atoms with Crippen molar-refractivity contribution in [1.29, 1.82) is 0 Å². The van der Waals surface area contributed by atoms with E-state index in [0.29, 0.717) is 23.3 Å². The molecule has 2 bridgehead atoms. The Labute approximate surface area is 185 Å². The molecule has 5 nitrogen and oxygen atoms in total. The molecule has 1 aliphatic heterocycles. The minimum absolute atomic E-state index is 0.0711. The second-order valence-corrected chi connectivity index (χ2v) is 11.0. The molecular weight excluding hydrogens is 394 g/mol. The summed E-state index contributed by atoms with van der Waals surface area (Å²) in [5.74, 6) is 0.654. The first kappa shape index (κ1) is 22.7. The van der Waals surface area contributed by atoms with E-state index in [1.807, 2.05) is 0 Å². The van der Waals surface area contributed by atoms with Crippen LogP contribution in [-0.4, -0.2) is 36.7 Å². The number of hydrogen-bond acceptors (Lipinski definition) is 4. The van der Waals surface area contributed by atoms with Gasteiger partial charge in [-0.15, -0.1) is 0 Å². The summed E-state index contributed by atoms with van der Waals surface area (Å²) in [5, 5.41) is 3.09. The molecule has 1 heterocycles. The normalized spacial score (nSPS) is 32.9. The van der Waals surface area contributed by atoms with Gasteiger partial charge in [-0.25, -0.2) is 4.39 Å². The molecule has 0 radical (unpaired) electrons. The van der Waals surface area contributed by atoms with Gasteiger partial charge in [0, 0.05) is 0 Å². The van der Waals surface area contributed by atoms with E-state index in [1.165, 1.54) is 18.6 Å². The molecule has 1 aromatic rings. The third-order valence-electron chi connectivity index (χ3n) is 8.03. The molecule has 4 fully saturated rings. The molecule has 1 saturated heterocycles. The van der Waals surface area contributed by atoms with Crippen LogP contribution in [-0.2, 0) is 20.5 Å². The Morgan fingerprint density at radius 1 is 1.32 bits per heavy atom. The molecule has 3 saturated carbocycles. The van der Waals surface area contributed by atoms with Gasteiger partial charge in [-0.2, -0.15) is 0 Å². The minimum Gasteiger partial charge on any atom is -0.404 e. The number of rotatable bonds is 7. The molecule has 4 aliphatic rings. The molecule has 0 aromatic heterocycles. The van der Waals surface area contributed by atoms with Crippen LogP contribution in [0.2, 0.25) is 0 Å². The van der Waals surface area contributed by atoms with Crippen molar-refractivity contribution in [3.63, 3.8) is 0 Å². The lowest BCUT2D eigenvalue weighted by Crippen LogP contribution is -2.65. The molecule has 3 aliphatic carbocycles. The van der Waals surface area contributed by atoms with Crippen molar-refractivity contribution >= 4 is 13.0 Å². The third kappa shape index (κ3) is 4.17. The second kappa shape index (κ2) is 8.16. The first-order valence-corrected chi connectivity index (χ1v) is 11.6. The van der Waals surface area contributed by atoms with Crippen molar-refractivity contribution in [2.24, 2.45) is 28.9 Å². The maximum Gasteiger partial charge on any atom is 0.481 e. The van der Waals surface area contributed by atoms with Gasteiger partial charge in [0.2, 0.25) is 5.91 Å². The van der Waals surface area contributed by atoms with Crippen molar-refractivity contribution in [2.75, 3.05) is 0 Å². The number of benzene rings is 1. The molecule has 3 N–H and O–H groups in total. The maximum atomic E-state index is 13.5. The zero-order valence-electron chi connectivity index (χ0n) is 19.4. The smallest absolute Gasteiger partial charge is 0.404 e. The van der Waals surface area contributed by atoms with E-state index in [4.69, 9.17) is 15.0 Å². The molecule has 1 aromatic carbocycles. The highest BCUT2D eigenvalue weighted by atomic mass is 19.1. The first-order chi connectivity index (χ1) is 14.5. The molecule has 6 atom stereocenters. The number of amides is 1. The Morgan fingerprint density at radius 3 is 2.71 bits per heavy atom. The molecule has 7 heteroatoms. The van der Waals surface area contributed by atoms with E-state index in [9.17, 15) is 9.18 Å². The van der Waals surface area contributed by atoms with E-state index in [1.54, 1.807) is 12.1 Å². The van der Waals surface area contributed by atoms with Gasteiger partial charge >= 0.3 is 7.12 Å². The Balaban J connectivity index is 1.44. The van der Waals surface area contributed by atoms with Gasteiger partial charge in [-0.3, -0.25) is 4.79 Å². The molecule has 5 rings (SSSR count). The van der Waals surface area contributed by atoms with Crippen LogP contribution in [0.5, 0.6) is 0 Å². The Kier molecular flexibility index (Phi) is 5.99. The molecule has 0 spiro atoms. The third-order valence-corrected chi connectivity index (χ3v) is 8.03. The molecule has 170 valence electrons. The van der Waals surface area contributed by atoms with Gasteiger partial charge in [0.1, 0.15) is 5.82 Å². The number of carbonyl (C=O) groups is 1. The number of carbonyl (C=O) groups excluding carboxylic acids is 1. The van der Waals surface area contributed by atoms with Crippen molar-refractivity contribution in [1.82, 2.24) is 5.32 Å². The van der Waals surface area contributed by atoms with Crippen LogP contribution in [0.15, 0.2) is 24.3 Å². The first-order valence-electron chi connectivity index (χ1n) is 11.6. The predicted molar refractivity (Wildman–Crippen MR) is 120 cm³/mol. The highest BCUT2D eigenvalue weighted by Crippen LogP contribution is 2.65. The van der Waals surface area contributed by atoms with E-state index in [-0.39, 0.29) is 41.2 Å². The summed E-state index contributed by atoms with van der Waals surface area (Å²) in [6, 6.07) is 5.45. The van der Waals surface area contributed by atoms with Gasteiger partial charge < -0.3 is 20.4 Å². The average Bonchev–Trinajstić information content (AvgIpc) is 3.04. The standard InChI is InChI=1S/C24H36BFN2O3/c1-14(2)9-21(28-22(29)18(27)11-15-7-6-8-17(26)10-15)25-30-20-13-16-12-19(23(16,3)4)24(20,5)31-25/h6-8,10,14,16,18-21H,9,11-13,27H2,1-5H3,(H,28,29)/t16-,18-,19-,20+,21-,24-/m0/s1. The predicted octanol–water partition coefficient (Wildman–Crippen LogP) is 3.49. The number of nitrogens with one attached hydrogen (secondary N) is 1. The lowest BCUT2D eigenvalue weighted by atomic mass is 9.43. The SMILES string of the molecule is CC(C)C[C@H](NC(=O)[C@@H](N)Cc1cccc(F)c1)B1O[C@@H]2C[C@@H]3C[C@@H](C3(C)C)[C@]2(C)O1. The van der Waals surface area contributed by atoms with Crippen LogP contribution in [0.3, 0.4) is 0 Å².